The molecule has 0 aliphatic carbocycles. The second-order valence-electron chi connectivity index (χ2n) is 11.7. The number of hydrogen-bond donors (Lipinski definition) is 0. The maximum absolute atomic E-state index is 11.6. The molecule has 6 rings (SSSR count). The molecule has 0 amide bonds. The van der Waals surface area contributed by atoms with Gasteiger partial charge in [0.15, 0.2) is 17.3 Å². The number of benzene rings is 6. The summed E-state index contributed by atoms with van der Waals surface area (Å²) in [7, 11) is 0. The smallest absolute Gasteiger partial charge is 0.178 e. The number of rotatable bonds is 12. The molecule has 0 fully saturated rings. The Morgan fingerprint density at radius 2 is 0.357 bits per heavy atom. The maximum Gasteiger partial charge on any atom is 0.178 e. The minimum Gasteiger partial charge on any atom is -0.290 e. The van der Waals surface area contributed by atoms with Gasteiger partial charge in [-0.2, -0.15) is 0 Å². The summed E-state index contributed by atoms with van der Waals surface area (Å²) in [5.41, 5.74) is 6.16. The van der Waals surface area contributed by atoms with Crippen molar-refractivity contribution in [1.82, 2.24) is 0 Å². The summed E-state index contributed by atoms with van der Waals surface area (Å²) in [5, 5.41) is 0. The quantitative estimate of drug-likeness (QED) is 0.115. The van der Waals surface area contributed by atoms with Gasteiger partial charge in [0.2, 0.25) is 0 Å². The van der Waals surface area contributed by atoms with Crippen molar-refractivity contribution in [2.45, 2.75) is 0 Å². The van der Waals surface area contributed by atoms with E-state index in [4.69, 9.17) is 0 Å². The number of ketones is 3. The molecule has 56 heavy (non-hydrogen) atoms. The molecular weight excluding hydrogens is 1050 g/mol. The van der Waals surface area contributed by atoms with E-state index in [1.54, 1.807) is 36.5 Å². The van der Waals surface area contributed by atoms with Gasteiger partial charge in [0.25, 0.3) is 0 Å². The van der Waals surface area contributed by atoms with Crippen molar-refractivity contribution in [1.29, 1.82) is 0 Å². The normalized spacial score (nSPS) is 10.7. The second kappa shape index (κ2) is 28.6. The van der Waals surface area contributed by atoms with E-state index in [9.17, 15) is 14.4 Å². The van der Waals surface area contributed by atoms with Gasteiger partial charge >= 0.3 is 0 Å². The van der Waals surface area contributed by atoms with Crippen LogP contribution in [0, 0.1) is 0 Å². The predicted octanol–water partition coefficient (Wildman–Crippen LogP) is 11.9. The van der Waals surface area contributed by atoms with E-state index in [-0.39, 0.29) is 59.5 Å². The molecule has 0 radical (unpaired) electrons. The maximum atomic E-state index is 11.6. The van der Waals surface area contributed by atoms with E-state index in [1.165, 1.54) is 0 Å². The van der Waals surface area contributed by atoms with Crippen LogP contribution in [0.25, 0.3) is 36.5 Å². The summed E-state index contributed by atoms with van der Waals surface area (Å²) in [4.78, 5) is 34.8. The van der Waals surface area contributed by atoms with Gasteiger partial charge in [0, 0.05) is 42.1 Å². The van der Waals surface area contributed by atoms with Gasteiger partial charge in [-0.15, -0.1) is 0 Å². The zero-order valence-corrected chi connectivity index (χ0v) is 35.2. The fourth-order valence-electron chi connectivity index (χ4n) is 4.62. The van der Waals surface area contributed by atoms with Crippen molar-refractivity contribution in [3.05, 3.63) is 252 Å². The van der Waals surface area contributed by atoms with Crippen LogP contribution in [-0.4, -0.2) is 17.3 Å². The van der Waals surface area contributed by atoms with Crippen LogP contribution in [0.15, 0.2) is 218 Å². The molecule has 5 heteroatoms. The second-order valence-corrected chi connectivity index (χ2v) is 11.7. The molecule has 0 heterocycles. The Kier molecular flexibility index (Phi) is 23.6. The fourth-order valence-corrected chi connectivity index (χ4v) is 4.62. The Labute approximate surface area is 359 Å². The molecule has 6 aromatic rings. The Hall–Kier alpha value is -5.85. The van der Waals surface area contributed by atoms with Crippen LogP contribution in [0.4, 0.5) is 0 Å². The van der Waals surface area contributed by atoms with Crippen molar-refractivity contribution < 1.29 is 56.5 Å². The SMILES string of the molecule is O=C(C=Cc1ccccc1)C=Cc1ccccc1.O=C(C=Cc1ccccc1)C=Cc1ccccc1.O=C(C=Cc1ccccc1)C=Cc1ccccc1.[Pt].[Pt]. The molecule has 0 aliphatic heterocycles. The molecule has 0 spiro atoms. The standard InChI is InChI=1S/3C17H14O.2Pt/c3*18-17(13-11-15-7-3-1-4-8-15)14-12-16-9-5-2-6-10-16;;/h3*1-14H;;. The van der Waals surface area contributed by atoms with Gasteiger partial charge in [0.05, 0.1) is 0 Å². The first kappa shape index (κ1) is 46.3. The van der Waals surface area contributed by atoms with Crippen LogP contribution in [0.2, 0.25) is 0 Å². The zero-order valence-electron chi connectivity index (χ0n) is 30.6. The number of allylic oxidation sites excluding steroid dienone is 6. The number of carbonyl (C=O) groups is 3. The minimum absolute atomic E-state index is 0. The molecule has 284 valence electrons. The number of hydrogen-bond acceptors (Lipinski definition) is 3. The van der Waals surface area contributed by atoms with E-state index in [2.05, 4.69) is 0 Å². The summed E-state index contributed by atoms with van der Waals surface area (Å²) in [6.45, 7) is 0. The summed E-state index contributed by atoms with van der Waals surface area (Å²) >= 11 is 0. The van der Waals surface area contributed by atoms with Crippen molar-refractivity contribution >= 4 is 53.8 Å². The molecule has 0 unspecified atom stereocenters. The molecule has 0 saturated heterocycles. The predicted molar refractivity (Wildman–Crippen MR) is 228 cm³/mol. The van der Waals surface area contributed by atoms with Gasteiger partial charge in [-0.05, 0) is 69.8 Å². The van der Waals surface area contributed by atoms with E-state index in [0.29, 0.717) is 0 Å². The van der Waals surface area contributed by atoms with Crippen molar-refractivity contribution in [3.8, 4) is 0 Å². The van der Waals surface area contributed by atoms with Crippen LogP contribution in [0.3, 0.4) is 0 Å². The van der Waals surface area contributed by atoms with Gasteiger partial charge in [-0.3, -0.25) is 14.4 Å². The third-order valence-corrected chi connectivity index (χ3v) is 7.44. The molecule has 0 N–H and O–H groups in total. The molecule has 3 nitrogen and oxygen atoms in total. The van der Waals surface area contributed by atoms with Crippen molar-refractivity contribution in [2.75, 3.05) is 0 Å². The third-order valence-electron chi connectivity index (χ3n) is 7.44. The first-order valence-electron chi connectivity index (χ1n) is 17.5. The van der Waals surface area contributed by atoms with Crippen LogP contribution in [0.5, 0.6) is 0 Å². The summed E-state index contributed by atoms with van der Waals surface area (Å²) in [6, 6.07) is 58.7. The summed E-state index contributed by atoms with van der Waals surface area (Å²) < 4.78 is 0. The molecule has 0 saturated carbocycles. The molecule has 0 aliphatic rings. The van der Waals surface area contributed by atoms with Crippen LogP contribution >= 0.6 is 0 Å². The summed E-state index contributed by atoms with van der Waals surface area (Å²) in [5.74, 6) is -0.0341. The van der Waals surface area contributed by atoms with Crippen LogP contribution in [-0.2, 0) is 56.5 Å². The van der Waals surface area contributed by atoms with Crippen LogP contribution < -0.4 is 0 Å². The summed E-state index contributed by atoms with van der Waals surface area (Å²) in [6.07, 6.45) is 20.4. The first-order chi connectivity index (χ1) is 26.5. The molecule has 0 bridgehead atoms. The minimum atomic E-state index is -0.0114. The van der Waals surface area contributed by atoms with Crippen molar-refractivity contribution in [3.63, 3.8) is 0 Å². The zero-order chi connectivity index (χ0) is 37.9. The Morgan fingerprint density at radius 3 is 0.482 bits per heavy atom. The van der Waals surface area contributed by atoms with Gasteiger partial charge < -0.3 is 0 Å². The molecular formula is C51H42O3Pt2. The molecule has 0 aromatic heterocycles. The van der Waals surface area contributed by atoms with Gasteiger partial charge in [-0.1, -0.05) is 218 Å². The average molecular weight is 1090 g/mol. The Balaban J connectivity index is 0.000000285. The first-order valence-corrected chi connectivity index (χ1v) is 17.5. The largest absolute Gasteiger partial charge is 0.290 e. The fraction of sp³-hybridized carbons (Fsp3) is 0. The van der Waals surface area contributed by atoms with E-state index >= 15 is 0 Å². The Bertz CT molecular complexity index is 1760. The third kappa shape index (κ3) is 20.6. The van der Waals surface area contributed by atoms with Gasteiger partial charge in [-0.25, -0.2) is 0 Å². The van der Waals surface area contributed by atoms with E-state index in [1.807, 2.05) is 218 Å². The van der Waals surface area contributed by atoms with E-state index in [0.717, 1.165) is 33.4 Å². The molecule has 6 aromatic carbocycles. The van der Waals surface area contributed by atoms with Crippen molar-refractivity contribution in [2.24, 2.45) is 0 Å². The average Bonchev–Trinajstić information content (AvgIpc) is 3.24. The Morgan fingerprint density at radius 1 is 0.232 bits per heavy atom. The van der Waals surface area contributed by atoms with Crippen LogP contribution in [0.1, 0.15) is 33.4 Å². The number of carbonyl (C=O) groups excluding carboxylic acids is 3. The monoisotopic (exact) mass is 1090 g/mol. The van der Waals surface area contributed by atoms with E-state index < -0.39 is 0 Å². The molecule has 0 atom stereocenters. The topological polar surface area (TPSA) is 51.2 Å². The van der Waals surface area contributed by atoms with Gasteiger partial charge in [0.1, 0.15) is 0 Å².